The van der Waals surface area contributed by atoms with Crippen LogP contribution in [0.15, 0.2) is 30.3 Å². The summed E-state index contributed by atoms with van der Waals surface area (Å²) in [6, 6.07) is 10.6. The molecule has 1 aromatic rings. The highest BCUT2D eigenvalue weighted by atomic mass is 19.4. The van der Waals surface area contributed by atoms with Crippen LogP contribution >= 0.6 is 0 Å². The second-order valence-corrected chi connectivity index (χ2v) is 9.68. The van der Waals surface area contributed by atoms with Crippen LogP contribution < -0.4 is 5.32 Å². The number of carboxylic acid groups (broad SMARTS) is 2. The molecule has 15 heteroatoms. The predicted molar refractivity (Wildman–Crippen MR) is 129 cm³/mol. The number of carbonyl (C=O) groups is 3. The van der Waals surface area contributed by atoms with Crippen molar-refractivity contribution in [1.82, 2.24) is 15.1 Å². The Balaban J connectivity index is 0.000000333. The summed E-state index contributed by atoms with van der Waals surface area (Å²) in [4.78, 5) is 34.9. The lowest BCUT2D eigenvalue weighted by Crippen LogP contribution is -2.35. The van der Waals surface area contributed by atoms with Gasteiger partial charge in [0.15, 0.2) is 0 Å². The van der Waals surface area contributed by atoms with Gasteiger partial charge in [-0.15, -0.1) is 0 Å². The Morgan fingerprint density at radius 1 is 0.900 bits per heavy atom. The van der Waals surface area contributed by atoms with Gasteiger partial charge >= 0.3 is 24.3 Å². The summed E-state index contributed by atoms with van der Waals surface area (Å²) in [6.45, 7) is 7.20. The molecule has 0 spiro atoms. The standard InChI is InChI=1S/C21H31N3O2.2C2HF3O2/c25-21(22-8-11-23-9-4-5-10-23)13-19-12-18-15-24(16-20(18)26-19)14-17-6-2-1-3-7-17;2*3-2(4,5)1(6)7/h1-3,6-7,18-20H,4-5,8-16H2,(H,22,25);2*(H,6,7)/t18-,19+,20+;;/m0../s1. The number of carboxylic acids is 2. The van der Waals surface area contributed by atoms with E-state index in [0.717, 1.165) is 39.1 Å². The fourth-order valence-electron chi connectivity index (χ4n) is 4.69. The number of hydrogen-bond acceptors (Lipinski definition) is 6. The average Bonchev–Trinajstić information content (AvgIpc) is 3.57. The normalized spacial score (nSPS) is 22.9. The number of aliphatic carboxylic acids is 2. The summed E-state index contributed by atoms with van der Waals surface area (Å²) >= 11 is 0. The molecule has 0 aromatic heterocycles. The third kappa shape index (κ3) is 12.1. The Morgan fingerprint density at radius 3 is 1.95 bits per heavy atom. The Morgan fingerprint density at radius 2 is 1.45 bits per heavy atom. The van der Waals surface area contributed by atoms with E-state index in [9.17, 15) is 31.1 Å². The van der Waals surface area contributed by atoms with Gasteiger partial charge < -0.3 is 25.2 Å². The lowest BCUT2D eigenvalue weighted by Gasteiger charge is -2.19. The number of halogens is 6. The van der Waals surface area contributed by atoms with Crippen LogP contribution in [0.4, 0.5) is 26.3 Å². The van der Waals surface area contributed by atoms with Crippen molar-refractivity contribution in [2.45, 2.75) is 56.8 Å². The zero-order valence-electron chi connectivity index (χ0n) is 21.6. The maximum absolute atomic E-state index is 12.2. The van der Waals surface area contributed by atoms with Gasteiger partial charge in [-0.3, -0.25) is 9.69 Å². The minimum Gasteiger partial charge on any atom is -0.475 e. The molecule has 0 radical (unpaired) electrons. The molecule has 0 unspecified atom stereocenters. The molecule has 1 aromatic carbocycles. The van der Waals surface area contributed by atoms with Gasteiger partial charge in [-0.2, -0.15) is 26.3 Å². The van der Waals surface area contributed by atoms with Crippen molar-refractivity contribution in [3.8, 4) is 0 Å². The molecule has 4 rings (SSSR count). The first-order valence-electron chi connectivity index (χ1n) is 12.7. The van der Waals surface area contributed by atoms with Crippen molar-refractivity contribution in [1.29, 1.82) is 0 Å². The van der Waals surface area contributed by atoms with Gasteiger partial charge in [0.05, 0.1) is 18.6 Å². The van der Waals surface area contributed by atoms with Gasteiger partial charge in [0.25, 0.3) is 0 Å². The summed E-state index contributed by atoms with van der Waals surface area (Å²) in [6.07, 6.45) is -5.61. The van der Waals surface area contributed by atoms with Crippen molar-refractivity contribution in [2.75, 3.05) is 39.3 Å². The highest BCUT2D eigenvalue weighted by molar-refractivity contribution is 5.76. The Hall–Kier alpha value is -2.91. The molecule has 40 heavy (non-hydrogen) atoms. The van der Waals surface area contributed by atoms with E-state index in [4.69, 9.17) is 24.5 Å². The molecule has 9 nitrogen and oxygen atoms in total. The number of hydrogen-bond donors (Lipinski definition) is 3. The number of benzene rings is 1. The molecule has 1 amide bonds. The maximum Gasteiger partial charge on any atom is 0.490 e. The Kier molecular flexibility index (Phi) is 12.6. The highest BCUT2D eigenvalue weighted by Crippen LogP contribution is 2.34. The van der Waals surface area contributed by atoms with E-state index in [1.807, 2.05) is 0 Å². The first kappa shape index (κ1) is 33.3. The molecule has 3 aliphatic heterocycles. The molecule has 3 fully saturated rings. The zero-order chi connectivity index (χ0) is 29.9. The lowest BCUT2D eigenvalue weighted by molar-refractivity contribution is -0.193. The van der Waals surface area contributed by atoms with E-state index in [-0.39, 0.29) is 12.0 Å². The molecule has 0 aliphatic carbocycles. The summed E-state index contributed by atoms with van der Waals surface area (Å²) in [5, 5.41) is 17.3. The molecule has 3 aliphatic rings. The molecular formula is C25H33F6N3O6. The highest BCUT2D eigenvalue weighted by Gasteiger charge is 2.42. The summed E-state index contributed by atoms with van der Waals surface area (Å²) in [5.74, 6) is -4.78. The maximum atomic E-state index is 12.2. The number of amides is 1. The van der Waals surface area contributed by atoms with Crippen molar-refractivity contribution in [3.05, 3.63) is 35.9 Å². The largest absolute Gasteiger partial charge is 0.490 e. The fourth-order valence-corrected chi connectivity index (χ4v) is 4.69. The van der Waals surface area contributed by atoms with Crippen LogP contribution in [0, 0.1) is 5.92 Å². The summed E-state index contributed by atoms with van der Waals surface area (Å²) in [5.41, 5.74) is 1.36. The minimum atomic E-state index is -5.08. The average molecular weight is 586 g/mol. The van der Waals surface area contributed by atoms with Crippen molar-refractivity contribution in [3.63, 3.8) is 0 Å². The number of nitrogens with one attached hydrogen (secondary N) is 1. The summed E-state index contributed by atoms with van der Waals surface area (Å²) in [7, 11) is 0. The number of ether oxygens (including phenoxy) is 1. The monoisotopic (exact) mass is 585 g/mol. The van der Waals surface area contributed by atoms with Crippen LogP contribution in [-0.2, 0) is 25.7 Å². The van der Waals surface area contributed by atoms with Gasteiger partial charge in [-0.05, 0) is 37.9 Å². The van der Waals surface area contributed by atoms with Gasteiger partial charge in [0, 0.05) is 38.6 Å². The Bertz CT molecular complexity index is 919. The van der Waals surface area contributed by atoms with E-state index in [1.54, 1.807) is 0 Å². The smallest absolute Gasteiger partial charge is 0.475 e. The number of carbonyl (C=O) groups excluding carboxylic acids is 1. The molecule has 3 saturated heterocycles. The van der Waals surface area contributed by atoms with E-state index in [2.05, 4.69) is 45.4 Å². The first-order chi connectivity index (χ1) is 18.6. The van der Waals surface area contributed by atoms with Crippen molar-refractivity contribution < 1.29 is 55.7 Å². The van der Waals surface area contributed by atoms with Gasteiger partial charge in [0.1, 0.15) is 0 Å². The van der Waals surface area contributed by atoms with Crippen LogP contribution in [0.2, 0.25) is 0 Å². The van der Waals surface area contributed by atoms with E-state index < -0.39 is 24.3 Å². The molecular weight excluding hydrogens is 552 g/mol. The molecule has 0 saturated carbocycles. The van der Waals surface area contributed by atoms with Crippen LogP contribution in [0.25, 0.3) is 0 Å². The van der Waals surface area contributed by atoms with Crippen LogP contribution in [0.3, 0.4) is 0 Å². The first-order valence-corrected chi connectivity index (χ1v) is 12.7. The number of likely N-dealkylation sites (tertiary alicyclic amines) is 2. The predicted octanol–water partition coefficient (Wildman–Crippen LogP) is 3.14. The van der Waals surface area contributed by atoms with E-state index in [0.29, 0.717) is 18.4 Å². The third-order valence-corrected chi connectivity index (χ3v) is 6.49. The van der Waals surface area contributed by atoms with Gasteiger partial charge in [-0.1, -0.05) is 30.3 Å². The zero-order valence-corrected chi connectivity index (χ0v) is 21.6. The molecule has 3 heterocycles. The van der Waals surface area contributed by atoms with Gasteiger partial charge in [0.2, 0.25) is 5.91 Å². The molecule has 0 bridgehead atoms. The fraction of sp³-hybridized carbons (Fsp3) is 0.640. The SMILES string of the molecule is O=C(C[C@H]1C[C@H]2CN(Cc3ccccc3)C[C@H]2O1)NCCN1CCCC1.O=C(O)C(F)(F)F.O=C(O)C(F)(F)F. The van der Waals surface area contributed by atoms with Crippen molar-refractivity contribution in [2.24, 2.45) is 5.92 Å². The second-order valence-electron chi connectivity index (χ2n) is 9.68. The molecule has 3 atom stereocenters. The molecule has 3 N–H and O–H groups in total. The van der Waals surface area contributed by atoms with E-state index >= 15 is 0 Å². The quantitative estimate of drug-likeness (QED) is 0.418. The van der Waals surface area contributed by atoms with Gasteiger partial charge in [-0.25, -0.2) is 9.59 Å². The van der Waals surface area contributed by atoms with Crippen LogP contribution in [-0.4, -0.2) is 102 Å². The lowest BCUT2D eigenvalue weighted by atomic mass is 10.0. The molecule has 226 valence electrons. The Labute approximate surface area is 227 Å². The van der Waals surface area contributed by atoms with Crippen molar-refractivity contribution >= 4 is 17.8 Å². The third-order valence-electron chi connectivity index (χ3n) is 6.49. The minimum absolute atomic E-state index is 0.107. The second kappa shape index (κ2) is 15.2. The van der Waals surface area contributed by atoms with E-state index in [1.165, 1.54) is 31.5 Å². The topological polar surface area (TPSA) is 119 Å². The number of fused-ring (bicyclic) bond motifs is 1. The number of rotatable bonds is 7. The number of nitrogens with zero attached hydrogens (tertiary/aromatic N) is 2. The summed E-state index contributed by atoms with van der Waals surface area (Å²) < 4.78 is 69.7. The van der Waals surface area contributed by atoms with Crippen LogP contribution in [0.5, 0.6) is 0 Å². The van der Waals surface area contributed by atoms with Crippen LogP contribution in [0.1, 0.15) is 31.2 Å². The number of alkyl halides is 6.